The quantitative estimate of drug-likeness (QED) is 0.796. The van der Waals surface area contributed by atoms with Gasteiger partial charge in [-0.2, -0.15) is 0 Å². The van der Waals surface area contributed by atoms with Gasteiger partial charge in [0.2, 0.25) is 0 Å². The maximum absolute atomic E-state index is 12.4. The summed E-state index contributed by atoms with van der Waals surface area (Å²) in [5, 5.41) is 3.48. The van der Waals surface area contributed by atoms with Crippen LogP contribution in [0, 0.1) is 12.8 Å². The lowest BCUT2D eigenvalue weighted by molar-refractivity contribution is -0.149. The lowest BCUT2D eigenvalue weighted by atomic mass is 9.89. The number of esters is 1. The molecule has 1 N–H and O–H groups in total. The second-order valence-corrected chi connectivity index (χ2v) is 5.26. The van der Waals surface area contributed by atoms with Crippen molar-refractivity contribution in [3.63, 3.8) is 0 Å². The van der Waals surface area contributed by atoms with E-state index >= 15 is 0 Å². The van der Waals surface area contributed by atoms with E-state index in [4.69, 9.17) is 4.74 Å². The number of para-hydroxylation sites is 1. The van der Waals surface area contributed by atoms with Crippen LogP contribution in [-0.4, -0.2) is 18.1 Å². The van der Waals surface area contributed by atoms with Crippen molar-refractivity contribution in [2.45, 2.75) is 45.6 Å². The topological polar surface area (TPSA) is 38.3 Å². The van der Waals surface area contributed by atoms with E-state index in [1.807, 2.05) is 25.1 Å². The third-order valence-corrected chi connectivity index (χ3v) is 3.97. The molecule has 19 heavy (non-hydrogen) atoms. The zero-order valence-corrected chi connectivity index (χ0v) is 12.0. The summed E-state index contributed by atoms with van der Waals surface area (Å²) in [7, 11) is 0. The first kappa shape index (κ1) is 13.9. The Morgan fingerprint density at radius 2 is 2.05 bits per heavy atom. The molecule has 1 aliphatic carbocycles. The first-order valence-corrected chi connectivity index (χ1v) is 7.15. The normalized spacial score (nSPS) is 17.6. The van der Waals surface area contributed by atoms with E-state index in [0.717, 1.165) is 30.5 Å². The van der Waals surface area contributed by atoms with Crippen LogP contribution in [0.15, 0.2) is 24.3 Å². The molecule has 0 radical (unpaired) electrons. The Labute approximate surface area is 115 Å². The van der Waals surface area contributed by atoms with Crippen molar-refractivity contribution in [2.24, 2.45) is 5.92 Å². The first-order valence-electron chi connectivity index (χ1n) is 7.15. The van der Waals surface area contributed by atoms with Gasteiger partial charge in [-0.25, -0.2) is 4.79 Å². The van der Waals surface area contributed by atoms with Crippen LogP contribution < -0.4 is 5.32 Å². The van der Waals surface area contributed by atoms with E-state index in [0.29, 0.717) is 12.5 Å². The van der Waals surface area contributed by atoms with E-state index < -0.39 is 5.54 Å². The zero-order valence-electron chi connectivity index (χ0n) is 12.0. The molecule has 0 aromatic heterocycles. The second-order valence-electron chi connectivity index (χ2n) is 5.26. The Morgan fingerprint density at radius 1 is 1.37 bits per heavy atom. The Bertz CT molecular complexity index is 454. The number of ether oxygens (including phenoxy) is 1. The van der Waals surface area contributed by atoms with Gasteiger partial charge in [-0.1, -0.05) is 25.1 Å². The van der Waals surface area contributed by atoms with Crippen molar-refractivity contribution >= 4 is 11.7 Å². The molecule has 1 saturated carbocycles. The summed E-state index contributed by atoms with van der Waals surface area (Å²) in [5.74, 6) is 0.291. The zero-order chi connectivity index (χ0) is 13.9. The molecular formula is C16H23NO2. The molecule has 1 fully saturated rings. The fourth-order valence-corrected chi connectivity index (χ4v) is 2.63. The smallest absolute Gasteiger partial charge is 0.332 e. The van der Waals surface area contributed by atoms with Gasteiger partial charge in [0.05, 0.1) is 6.61 Å². The highest BCUT2D eigenvalue weighted by Gasteiger charge is 2.51. The maximum atomic E-state index is 12.4. The lowest BCUT2D eigenvalue weighted by Gasteiger charge is -2.33. The van der Waals surface area contributed by atoms with E-state index in [1.54, 1.807) is 0 Å². The Morgan fingerprint density at radius 3 is 2.58 bits per heavy atom. The summed E-state index contributed by atoms with van der Waals surface area (Å²) in [6, 6.07) is 8.09. The minimum absolute atomic E-state index is 0.108. The van der Waals surface area contributed by atoms with Crippen molar-refractivity contribution < 1.29 is 9.53 Å². The molecule has 1 unspecified atom stereocenters. The van der Waals surface area contributed by atoms with Crippen LogP contribution >= 0.6 is 0 Å². The van der Waals surface area contributed by atoms with Gasteiger partial charge in [0.15, 0.2) is 0 Å². The number of rotatable bonds is 6. The summed E-state index contributed by atoms with van der Waals surface area (Å²) < 4.78 is 5.31. The Balaban J connectivity index is 2.28. The summed E-state index contributed by atoms with van der Waals surface area (Å²) in [6.45, 7) is 6.41. The van der Waals surface area contributed by atoms with Crippen LogP contribution in [0.25, 0.3) is 0 Å². The van der Waals surface area contributed by atoms with Crippen LogP contribution in [0.5, 0.6) is 0 Å². The number of anilines is 1. The van der Waals surface area contributed by atoms with Crippen LogP contribution in [0.2, 0.25) is 0 Å². The van der Waals surface area contributed by atoms with Gasteiger partial charge >= 0.3 is 5.97 Å². The number of carbonyl (C=O) groups excluding carboxylic acids is 1. The SMILES string of the molecule is CCOC(=O)C(CC)(Nc1ccccc1C)C1CC1. The van der Waals surface area contributed by atoms with Crippen molar-refractivity contribution in [3.8, 4) is 0 Å². The third kappa shape index (κ3) is 2.75. The monoisotopic (exact) mass is 261 g/mol. The fraction of sp³-hybridized carbons (Fsp3) is 0.562. The van der Waals surface area contributed by atoms with Crippen molar-refractivity contribution in [1.29, 1.82) is 0 Å². The third-order valence-electron chi connectivity index (χ3n) is 3.97. The largest absolute Gasteiger partial charge is 0.464 e. The van der Waals surface area contributed by atoms with E-state index in [9.17, 15) is 4.79 Å². The summed E-state index contributed by atoms with van der Waals surface area (Å²) in [4.78, 5) is 12.4. The molecule has 1 atom stereocenters. The Kier molecular flexibility index (Phi) is 4.13. The van der Waals surface area contributed by atoms with E-state index in [1.165, 1.54) is 0 Å². The fourth-order valence-electron chi connectivity index (χ4n) is 2.63. The molecule has 0 aliphatic heterocycles. The average molecular weight is 261 g/mol. The molecule has 2 rings (SSSR count). The highest BCUT2D eigenvalue weighted by Crippen LogP contribution is 2.44. The highest BCUT2D eigenvalue weighted by atomic mass is 16.5. The van der Waals surface area contributed by atoms with Crippen LogP contribution in [-0.2, 0) is 9.53 Å². The van der Waals surface area contributed by atoms with Crippen LogP contribution in [0.1, 0.15) is 38.7 Å². The number of aryl methyl sites for hydroxylation is 1. The summed E-state index contributed by atoms with van der Waals surface area (Å²) in [6.07, 6.45) is 2.96. The standard InChI is InChI=1S/C16H23NO2/c1-4-16(13-10-11-13,15(18)19-5-2)17-14-9-7-6-8-12(14)3/h6-9,13,17H,4-5,10-11H2,1-3H3. The van der Waals surface area contributed by atoms with Gasteiger partial charge < -0.3 is 10.1 Å². The highest BCUT2D eigenvalue weighted by molar-refractivity contribution is 5.86. The molecule has 1 aromatic rings. The van der Waals surface area contributed by atoms with Crippen LogP contribution in [0.4, 0.5) is 5.69 Å². The molecule has 3 nitrogen and oxygen atoms in total. The molecule has 0 spiro atoms. The van der Waals surface area contributed by atoms with Gasteiger partial charge in [-0.05, 0) is 50.7 Å². The average Bonchev–Trinajstić information content (AvgIpc) is 3.23. The molecule has 0 bridgehead atoms. The predicted molar refractivity (Wildman–Crippen MR) is 77.2 cm³/mol. The van der Waals surface area contributed by atoms with Crippen molar-refractivity contribution in [1.82, 2.24) is 0 Å². The van der Waals surface area contributed by atoms with Gasteiger partial charge in [0.25, 0.3) is 0 Å². The van der Waals surface area contributed by atoms with Crippen molar-refractivity contribution in [2.75, 3.05) is 11.9 Å². The molecule has 0 amide bonds. The van der Waals surface area contributed by atoms with Gasteiger partial charge in [0, 0.05) is 5.69 Å². The van der Waals surface area contributed by atoms with Gasteiger partial charge in [-0.15, -0.1) is 0 Å². The van der Waals surface area contributed by atoms with Crippen molar-refractivity contribution in [3.05, 3.63) is 29.8 Å². The maximum Gasteiger partial charge on any atom is 0.332 e. The van der Waals surface area contributed by atoms with E-state index in [-0.39, 0.29) is 5.97 Å². The number of hydrogen-bond acceptors (Lipinski definition) is 3. The molecule has 1 aliphatic rings. The number of nitrogens with one attached hydrogen (secondary N) is 1. The molecule has 1 aromatic carbocycles. The number of benzene rings is 1. The van der Waals surface area contributed by atoms with Gasteiger partial charge in [-0.3, -0.25) is 0 Å². The second kappa shape index (κ2) is 5.64. The minimum atomic E-state index is -0.553. The first-order chi connectivity index (χ1) is 9.14. The minimum Gasteiger partial charge on any atom is -0.464 e. The molecular weight excluding hydrogens is 238 g/mol. The molecule has 3 heteroatoms. The number of hydrogen-bond donors (Lipinski definition) is 1. The molecule has 0 saturated heterocycles. The van der Waals surface area contributed by atoms with E-state index in [2.05, 4.69) is 25.2 Å². The Hall–Kier alpha value is -1.51. The predicted octanol–water partition coefficient (Wildman–Crippen LogP) is 3.53. The van der Waals surface area contributed by atoms with Crippen LogP contribution in [0.3, 0.4) is 0 Å². The van der Waals surface area contributed by atoms with Gasteiger partial charge in [0.1, 0.15) is 5.54 Å². The summed E-state index contributed by atoms with van der Waals surface area (Å²) >= 11 is 0. The molecule has 0 heterocycles. The number of carbonyl (C=O) groups is 1. The summed E-state index contributed by atoms with van der Waals surface area (Å²) in [5.41, 5.74) is 1.64. The lowest BCUT2D eigenvalue weighted by Crippen LogP contribution is -2.49. The molecule has 104 valence electrons.